The molecule has 1 saturated heterocycles. The van der Waals surface area contributed by atoms with Crippen molar-refractivity contribution in [2.45, 2.75) is 122 Å². The summed E-state index contributed by atoms with van der Waals surface area (Å²) in [6.45, 7) is 9.49. The number of rotatable bonds is 7. The topological polar surface area (TPSA) is 97.4 Å². The molecule has 0 aromatic carbocycles. The van der Waals surface area contributed by atoms with Crippen LogP contribution in [0.3, 0.4) is 0 Å². The molecule has 0 aromatic rings. The van der Waals surface area contributed by atoms with Crippen LogP contribution in [0.2, 0.25) is 0 Å². The van der Waals surface area contributed by atoms with E-state index in [1.807, 2.05) is 0 Å². The van der Waals surface area contributed by atoms with Crippen molar-refractivity contribution in [3.05, 3.63) is 0 Å². The average molecular weight is 531 g/mol. The molecule has 5 fully saturated rings. The van der Waals surface area contributed by atoms with Crippen LogP contribution >= 0.6 is 0 Å². The fourth-order valence-corrected chi connectivity index (χ4v) is 6.99. The van der Waals surface area contributed by atoms with Crippen molar-refractivity contribution in [2.24, 2.45) is 23.2 Å². The first-order valence-corrected chi connectivity index (χ1v) is 13.3. The van der Waals surface area contributed by atoms with Gasteiger partial charge in [0.15, 0.2) is 5.79 Å². The third kappa shape index (κ3) is 6.61. The molecule has 5 aliphatic rings. The lowest BCUT2D eigenvalue weighted by atomic mass is 9.48. The second kappa shape index (κ2) is 9.74. The van der Waals surface area contributed by atoms with Crippen molar-refractivity contribution in [1.82, 2.24) is 0 Å². The molecule has 0 aromatic heterocycles. The van der Waals surface area contributed by atoms with Crippen molar-refractivity contribution in [3.8, 4) is 0 Å². The van der Waals surface area contributed by atoms with Gasteiger partial charge in [0, 0.05) is 13.3 Å². The summed E-state index contributed by atoms with van der Waals surface area (Å²) in [5, 5.41) is 0. The molecule has 0 radical (unpaired) electrons. The summed E-state index contributed by atoms with van der Waals surface area (Å²) in [6.07, 6.45) is 2.14. The van der Waals surface area contributed by atoms with Gasteiger partial charge in [0.25, 0.3) is 0 Å². The molecule has 4 bridgehead atoms. The lowest BCUT2D eigenvalue weighted by Crippen LogP contribution is -2.58. The fraction of sp³-hybridized carbons (Fsp3) is 0.889. The van der Waals surface area contributed by atoms with E-state index >= 15 is 0 Å². The van der Waals surface area contributed by atoms with E-state index in [0.29, 0.717) is 38.5 Å². The number of ether oxygens (including phenoxy) is 5. The summed E-state index contributed by atoms with van der Waals surface area (Å²) < 4.78 is 55.2. The summed E-state index contributed by atoms with van der Waals surface area (Å²) in [4.78, 5) is 37.6. The largest absolute Gasteiger partial charge is 0.462 e. The van der Waals surface area contributed by atoms with E-state index < -0.39 is 47.0 Å². The van der Waals surface area contributed by atoms with Gasteiger partial charge in [-0.3, -0.25) is 9.59 Å². The van der Waals surface area contributed by atoms with Crippen LogP contribution in [-0.2, 0) is 38.1 Å². The highest BCUT2D eigenvalue weighted by Crippen LogP contribution is 2.61. The van der Waals surface area contributed by atoms with Crippen LogP contribution in [0.25, 0.3) is 0 Å². The standard InChI is InChI=1S/C27H40F2O8/c1-24(2,3)37-20(30)10-18-9-19(36-25(4,5)35-18)14-33-23(32)27-11-15-7-16(12-27)21(17(8-15)13-27)34-22(31)26(6,28)29/h15-19,21H,7-14H2,1-6H3. The molecule has 1 aliphatic heterocycles. The maximum atomic E-state index is 13.4. The molecular formula is C27H40F2O8. The van der Waals surface area contributed by atoms with Crippen LogP contribution in [0.15, 0.2) is 0 Å². The summed E-state index contributed by atoms with van der Waals surface area (Å²) in [7, 11) is 0. The molecule has 4 unspecified atom stereocenters. The molecule has 10 heteroatoms. The molecule has 0 spiro atoms. The first-order chi connectivity index (χ1) is 16.9. The smallest absolute Gasteiger partial charge is 0.376 e. The number of hydrogen-bond donors (Lipinski definition) is 0. The van der Waals surface area contributed by atoms with Gasteiger partial charge >= 0.3 is 23.8 Å². The molecule has 0 amide bonds. The Morgan fingerprint density at radius 2 is 1.51 bits per heavy atom. The van der Waals surface area contributed by atoms with E-state index in [1.165, 1.54) is 0 Å². The van der Waals surface area contributed by atoms with Crippen molar-refractivity contribution in [1.29, 1.82) is 0 Å². The van der Waals surface area contributed by atoms with Gasteiger partial charge in [-0.25, -0.2) is 4.79 Å². The van der Waals surface area contributed by atoms with Crippen LogP contribution in [0, 0.1) is 23.2 Å². The summed E-state index contributed by atoms with van der Waals surface area (Å²) in [5.74, 6) is -6.63. The number of halogens is 2. The first kappa shape index (κ1) is 28.2. The minimum Gasteiger partial charge on any atom is -0.462 e. The molecule has 0 N–H and O–H groups in total. The predicted molar refractivity (Wildman–Crippen MR) is 126 cm³/mol. The molecule has 4 saturated carbocycles. The normalized spacial score (nSPS) is 36.6. The Bertz CT molecular complexity index is 889. The number of carbonyl (C=O) groups excluding carboxylic acids is 3. The van der Waals surface area contributed by atoms with E-state index in [1.54, 1.807) is 34.6 Å². The molecule has 4 aliphatic carbocycles. The number of hydrogen-bond acceptors (Lipinski definition) is 8. The Morgan fingerprint density at radius 1 is 0.919 bits per heavy atom. The highest BCUT2D eigenvalue weighted by atomic mass is 19.3. The third-order valence-electron chi connectivity index (χ3n) is 7.86. The zero-order chi connectivity index (χ0) is 27.4. The van der Waals surface area contributed by atoms with Crippen LogP contribution in [0.4, 0.5) is 8.78 Å². The van der Waals surface area contributed by atoms with Gasteiger partial charge in [-0.1, -0.05) is 0 Å². The minimum atomic E-state index is -3.54. The van der Waals surface area contributed by atoms with Crippen LogP contribution in [0.1, 0.15) is 86.5 Å². The number of carbonyl (C=O) groups is 3. The first-order valence-electron chi connectivity index (χ1n) is 13.3. The molecular weight excluding hydrogens is 490 g/mol. The predicted octanol–water partition coefficient (Wildman–Crippen LogP) is 4.56. The van der Waals surface area contributed by atoms with Gasteiger partial charge in [-0.2, -0.15) is 8.78 Å². The van der Waals surface area contributed by atoms with Crippen molar-refractivity contribution < 1.29 is 46.8 Å². The second-order valence-electron chi connectivity index (χ2n) is 13.0. The van der Waals surface area contributed by atoms with Crippen molar-refractivity contribution in [2.75, 3.05) is 6.61 Å². The van der Waals surface area contributed by atoms with Gasteiger partial charge in [-0.15, -0.1) is 0 Å². The molecule has 210 valence electrons. The molecule has 8 nitrogen and oxygen atoms in total. The Labute approximate surface area is 217 Å². The second-order valence-corrected chi connectivity index (χ2v) is 13.0. The van der Waals surface area contributed by atoms with Crippen LogP contribution in [0.5, 0.6) is 0 Å². The van der Waals surface area contributed by atoms with E-state index in [-0.39, 0.29) is 36.8 Å². The lowest BCUT2D eigenvalue weighted by molar-refractivity contribution is -0.305. The summed E-state index contributed by atoms with van der Waals surface area (Å²) >= 11 is 0. The lowest BCUT2D eigenvalue weighted by Gasteiger charge is -2.58. The Hall–Kier alpha value is -1.81. The zero-order valence-corrected chi connectivity index (χ0v) is 22.6. The molecule has 4 atom stereocenters. The van der Waals surface area contributed by atoms with Crippen molar-refractivity contribution >= 4 is 17.9 Å². The zero-order valence-electron chi connectivity index (χ0n) is 22.6. The maximum absolute atomic E-state index is 13.4. The Kier molecular flexibility index (Phi) is 7.42. The average Bonchev–Trinajstić information content (AvgIpc) is 2.70. The monoisotopic (exact) mass is 530 g/mol. The quantitative estimate of drug-likeness (QED) is 0.349. The summed E-state index contributed by atoms with van der Waals surface area (Å²) in [6, 6.07) is 0. The molecule has 37 heavy (non-hydrogen) atoms. The minimum absolute atomic E-state index is 0.0265. The number of alkyl halides is 2. The van der Waals surface area contributed by atoms with Crippen molar-refractivity contribution in [3.63, 3.8) is 0 Å². The Morgan fingerprint density at radius 3 is 2.08 bits per heavy atom. The van der Waals surface area contributed by atoms with E-state index in [2.05, 4.69) is 0 Å². The van der Waals surface area contributed by atoms with Crippen LogP contribution in [-0.4, -0.2) is 60.1 Å². The Balaban J connectivity index is 1.35. The SMILES string of the molecule is CC(C)(C)OC(=O)CC1CC(COC(=O)C23CC4CC(C2)C(OC(=O)C(C)(F)F)C(C4)C3)OC(C)(C)O1. The number of esters is 3. The van der Waals surface area contributed by atoms with Crippen LogP contribution < -0.4 is 0 Å². The van der Waals surface area contributed by atoms with Gasteiger partial charge in [0.1, 0.15) is 18.3 Å². The highest BCUT2D eigenvalue weighted by molar-refractivity contribution is 5.78. The molecule has 1 heterocycles. The van der Waals surface area contributed by atoms with Gasteiger partial charge in [0.05, 0.1) is 24.0 Å². The third-order valence-corrected chi connectivity index (χ3v) is 7.86. The van der Waals surface area contributed by atoms with Gasteiger partial charge < -0.3 is 23.7 Å². The molecule has 5 rings (SSSR count). The fourth-order valence-electron chi connectivity index (χ4n) is 6.99. The summed E-state index contributed by atoms with van der Waals surface area (Å²) in [5.41, 5.74) is -1.29. The maximum Gasteiger partial charge on any atom is 0.376 e. The van der Waals surface area contributed by atoms with E-state index in [9.17, 15) is 23.2 Å². The van der Waals surface area contributed by atoms with E-state index in [4.69, 9.17) is 23.7 Å². The van der Waals surface area contributed by atoms with Gasteiger partial charge in [0.2, 0.25) is 0 Å². The highest BCUT2D eigenvalue weighted by Gasteiger charge is 2.61. The van der Waals surface area contributed by atoms with Gasteiger partial charge in [-0.05, 0) is 84.5 Å². The van der Waals surface area contributed by atoms with E-state index in [0.717, 1.165) is 12.8 Å².